The Labute approximate surface area is 76.3 Å². The van der Waals surface area contributed by atoms with Crippen molar-refractivity contribution in [1.29, 1.82) is 0 Å². The summed E-state index contributed by atoms with van der Waals surface area (Å²) >= 11 is 5.68. The van der Waals surface area contributed by atoms with Crippen molar-refractivity contribution in [3.63, 3.8) is 0 Å². The van der Waals surface area contributed by atoms with Gasteiger partial charge >= 0.3 is 0 Å². The molecule has 0 bridgehead atoms. The van der Waals surface area contributed by atoms with Crippen molar-refractivity contribution in [2.75, 3.05) is 14.2 Å². The standard InChI is InChI=1S/C8H10ClNO2/c1-11-7-6(5-9)3-4-10-8(7)12-2/h3-4H,5H2,1-2H3. The molecule has 0 spiro atoms. The fourth-order valence-electron chi connectivity index (χ4n) is 0.936. The Bertz CT molecular complexity index is 243. The Morgan fingerprint density at radius 3 is 2.67 bits per heavy atom. The van der Waals surface area contributed by atoms with Crippen LogP contribution in [-0.2, 0) is 5.88 Å². The fraction of sp³-hybridized carbons (Fsp3) is 0.375. The molecule has 0 radical (unpaired) electrons. The minimum Gasteiger partial charge on any atom is -0.491 e. The zero-order valence-electron chi connectivity index (χ0n) is 7.00. The quantitative estimate of drug-likeness (QED) is 0.677. The maximum Gasteiger partial charge on any atom is 0.257 e. The first kappa shape index (κ1) is 9.13. The van der Waals surface area contributed by atoms with Crippen LogP contribution in [0.2, 0.25) is 0 Å². The van der Waals surface area contributed by atoms with Gasteiger partial charge in [-0.05, 0) is 6.07 Å². The summed E-state index contributed by atoms with van der Waals surface area (Å²) in [6, 6.07) is 1.80. The van der Waals surface area contributed by atoms with Gasteiger partial charge in [0.2, 0.25) is 0 Å². The van der Waals surface area contributed by atoms with E-state index in [1.54, 1.807) is 26.5 Å². The van der Waals surface area contributed by atoms with Crippen molar-refractivity contribution >= 4 is 11.6 Å². The SMILES string of the molecule is COc1nccc(CCl)c1OC. The Morgan fingerprint density at radius 2 is 2.17 bits per heavy atom. The molecule has 0 aliphatic rings. The highest BCUT2D eigenvalue weighted by atomic mass is 35.5. The van der Waals surface area contributed by atoms with E-state index in [1.165, 1.54) is 0 Å². The molecule has 1 aromatic rings. The number of ether oxygens (including phenoxy) is 2. The molecule has 1 aromatic heterocycles. The van der Waals surface area contributed by atoms with Crippen molar-refractivity contribution in [3.05, 3.63) is 17.8 Å². The summed E-state index contributed by atoms with van der Waals surface area (Å²) < 4.78 is 10.1. The first-order chi connectivity index (χ1) is 5.83. The van der Waals surface area contributed by atoms with E-state index in [-0.39, 0.29) is 0 Å². The Morgan fingerprint density at radius 1 is 1.42 bits per heavy atom. The number of nitrogens with zero attached hydrogens (tertiary/aromatic N) is 1. The van der Waals surface area contributed by atoms with Crippen LogP contribution in [0.1, 0.15) is 5.56 Å². The molecule has 0 aliphatic carbocycles. The highest BCUT2D eigenvalue weighted by Crippen LogP contribution is 2.28. The van der Waals surface area contributed by atoms with E-state index >= 15 is 0 Å². The number of hydrogen-bond acceptors (Lipinski definition) is 3. The molecule has 1 heterocycles. The monoisotopic (exact) mass is 187 g/mol. The zero-order valence-corrected chi connectivity index (χ0v) is 7.76. The molecule has 1 rings (SSSR count). The summed E-state index contributed by atoms with van der Waals surface area (Å²) in [7, 11) is 3.11. The number of halogens is 1. The molecular weight excluding hydrogens is 178 g/mol. The van der Waals surface area contributed by atoms with E-state index in [4.69, 9.17) is 21.1 Å². The molecule has 0 fully saturated rings. The fourth-order valence-corrected chi connectivity index (χ4v) is 1.15. The predicted octanol–water partition coefficient (Wildman–Crippen LogP) is 1.84. The molecule has 0 unspecified atom stereocenters. The molecule has 0 N–H and O–H groups in total. The second-order valence-electron chi connectivity index (χ2n) is 2.15. The van der Waals surface area contributed by atoms with Gasteiger partial charge in [0.15, 0.2) is 5.75 Å². The number of methoxy groups -OCH3 is 2. The summed E-state index contributed by atoms with van der Waals surface area (Å²) in [5.41, 5.74) is 0.881. The van der Waals surface area contributed by atoms with Gasteiger partial charge in [0.25, 0.3) is 5.88 Å². The molecule has 0 aromatic carbocycles. The molecule has 0 amide bonds. The number of aromatic nitrogens is 1. The number of alkyl halides is 1. The lowest BCUT2D eigenvalue weighted by Crippen LogP contribution is -1.96. The second-order valence-corrected chi connectivity index (χ2v) is 2.41. The van der Waals surface area contributed by atoms with E-state index in [0.717, 1.165) is 5.56 Å². The minimum absolute atomic E-state index is 0.391. The lowest BCUT2D eigenvalue weighted by Gasteiger charge is -2.08. The van der Waals surface area contributed by atoms with E-state index in [2.05, 4.69) is 4.98 Å². The third-order valence-corrected chi connectivity index (χ3v) is 1.78. The maximum atomic E-state index is 5.68. The number of rotatable bonds is 3. The van der Waals surface area contributed by atoms with Crippen LogP contribution in [0.3, 0.4) is 0 Å². The Hall–Kier alpha value is -0.960. The molecule has 4 heteroatoms. The third-order valence-electron chi connectivity index (χ3n) is 1.49. The third kappa shape index (κ3) is 1.61. The largest absolute Gasteiger partial charge is 0.491 e. The molecule has 0 saturated heterocycles. The molecule has 0 saturated carbocycles. The van der Waals surface area contributed by atoms with Gasteiger partial charge in [-0.1, -0.05) is 0 Å². The van der Waals surface area contributed by atoms with Crippen LogP contribution in [0, 0.1) is 0 Å². The van der Waals surface area contributed by atoms with Crippen LogP contribution in [0.25, 0.3) is 0 Å². The average Bonchev–Trinajstić information content (AvgIpc) is 2.16. The van der Waals surface area contributed by atoms with Gasteiger partial charge in [0.1, 0.15) is 0 Å². The van der Waals surface area contributed by atoms with Gasteiger partial charge in [-0.25, -0.2) is 4.98 Å². The zero-order chi connectivity index (χ0) is 8.97. The summed E-state index contributed by atoms with van der Waals surface area (Å²) in [6.45, 7) is 0. The first-order valence-electron chi connectivity index (χ1n) is 3.45. The van der Waals surface area contributed by atoms with Crippen LogP contribution in [0.4, 0.5) is 0 Å². The maximum absolute atomic E-state index is 5.68. The number of hydrogen-bond donors (Lipinski definition) is 0. The van der Waals surface area contributed by atoms with Crippen LogP contribution in [0.15, 0.2) is 12.3 Å². The average molecular weight is 188 g/mol. The molecular formula is C8H10ClNO2. The van der Waals surface area contributed by atoms with Crippen molar-refractivity contribution in [1.82, 2.24) is 4.98 Å². The van der Waals surface area contributed by atoms with Crippen molar-refractivity contribution in [3.8, 4) is 11.6 Å². The normalized spacial score (nSPS) is 9.58. The van der Waals surface area contributed by atoms with Crippen LogP contribution in [0.5, 0.6) is 11.6 Å². The smallest absolute Gasteiger partial charge is 0.257 e. The highest BCUT2D eigenvalue weighted by Gasteiger charge is 2.08. The van der Waals surface area contributed by atoms with Crippen LogP contribution >= 0.6 is 11.6 Å². The van der Waals surface area contributed by atoms with Gasteiger partial charge in [-0.15, -0.1) is 11.6 Å². The second kappa shape index (κ2) is 4.16. The van der Waals surface area contributed by atoms with Gasteiger partial charge < -0.3 is 9.47 Å². The van der Waals surface area contributed by atoms with E-state index in [1.807, 2.05) is 0 Å². The molecule has 3 nitrogen and oxygen atoms in total. The van der Waals surface area contributed by atoms with Crippen molar-refractivity contribution in [2.45, 2.75) is 5.88 Å². The van der Waals surface area contributed by atoms with Gasteiger partial charge in [-0.3, -0.25) is 0 Å². The molecule has 0 aliphatic heterocycles. The van der Waals surface area contributed by atoms with Gasteiger partial charge in [0.05, 0.1) is 20.1 Å². The van der Waals surface area contributed by atoms with Crippen molar-refractivity contribution < 1.29 is 9.47 Å². The number of pyridine rings is 1. The van der Waals surface area contributed by atoms with Crippen LogP contribution < -0.4 is 9.47 Å². The Balaban J connectivity index is 3.13. The summed E-state index contributed by atoms with van der Waals surface area (Å²) in [4.78, 5) is 3.97. The topological polar surface area (TPSA) is 31.4 Å². The lowest BCUT2D eigenvalue weighted by molar-refractivity contribution is 0.341. The van der Waals surface area contributed by atoms with E-state index in [0.29, 0.717) is 17.5 Å². The summed E-state index contributed by atoms with van der Waals surface area (Å²) in [5.74, 6) is 1.47. The van der Waals surface area contributed by atoms with E-state index < -0.39 is 0 Å². The van der Waals surface area contributed by atoms with Gasteiger partial charge in [0, 0.05) is 11.8 Å². The molecule has 12 heavy (non-hydrogen) atoms. The summed E-state index contributed by atoms with van der Waals surface area (Å²) in [5, 5.41) is 0. The van der Waals surface area contributed by atoms with Crippen LogP contribution in [-0.4, -0.2) is 19.2 Å². The van der Waals surface area contributed by atoms with E-state index in [9.17, 15) is 0 Å². The molecule has 0 atom stereocenters. The predicted molar refractivity (Wildman–Crippen MR) is 46.9 cm³/mol. The molecule has 66 valence electrons. The van der Waals surface area contributed by atoms with Crippen molar-refractivity contribution in [2.24, 2.45) is 0 Å². The summed E-state index contributed by atoms with van der Waals surface area (Å²) in [6.07, 6.45) is 1.64. The van der Waals surface area contributed by atoms with Gasteiger partial charge in [-0.2, -0.15) is 0 Å². The minimum atomic E-state index is 0.391. The Kier molecular flexibility index (Phi) is 3.17. The lowest BCUT2D eigenvalue weighted by atomic mass is 10.3. The first-order valence-corrected chi connectivity index (χ1v) is 3.98. The highest BCUT2D eigenvalue weighted by molar-refractivity contribution is 6.17.